The van der Waals surface area contributed by atoms with E-state index in [0.29, 0.717) is 22.3 Å². The summed E-state index contributed by atoms with van der Waals surface area (Å²) in [6.45, 7) is 4.93. The van der Waals surface area contributed by atoms with Crippen molar-refractivity contribution in [1.82, 2.24) is 10.3 Å². The van der Waals surface area contributed by atoms with Gasteiger partial charge in [0.25, 0.3) is 5.91 Å². The highest BCUT2D eigenvalue weighted by molar-refractivity contribution is 9.10. The van der Waals surface area contributed by atoms with Gasteiger partial charge in [-0.25, -0.2) is 4.98 Å². The number of anilines is 2. The van der Waals surface area contributed by atoms with E-state index in [4.69, 9.17) is 11.6 Å². The van der Waals surface area contributed by atoms with Crippen molar-refractivity contribution in [2.75, 3.05) is 11.9 Å². The number of carbonyl (C=O) groups is 1. The van der Waals surface area contributed by atoms with E-state index in [2.05, 4.69) is 45.4 Å². The van der Waals surface area contributed by atoms with Crippen molar-refractivity contribution >= 4 is 44.9 Å². The summed E-state index contributed by atoms with van der Waals surface area (Å²) in [6, 6.07) is 7.50. The lowest BCUT2D eigenvalue weighted by Crippen LogP contribution is -2.29. The smallest absolute Gasteiger partial charge is 0.253 e. The van der Waals surface area contributed by atoms with Gasteiger partial charge in [-0.2, -0.15) is 0 Å². The summed E-state index contributed by atoms with van der Waals surface area (Å²) in [5.74, 6) is 1.51. The largest absolute Gasteiger partial charge is 0.352 e. The summed E-state index contributed by atoms with van der Waals surface area (Å²) in [5.41, 5.74) is 2.52. The number of nitrogens with one attached hydrogen (secondary N) is 2. The highest BCUT2D eigenvalue weighted by Gasteiger charge is 2.19. The van der Waals surface area contributed by atoms with E-state index in [0.717, 1.165) is 22.3 Å². The van der Waals surface area contributed by atoms with Gasteiger partial charge in [0.2, 0.25) is 0 Å². The number of pyridine rings is 1. The molecular formula is C21H25BrClN3O. The predicted octanol–water partition coefficient (Wildman–Crippen LogP) is 6.28. The van der Waals surface area contributed by atoms with Gasteiger partial charge in [0.1, 0.15) is 5.82 Å². The maximum absolute atomic E-state index is 12.7. The van der Waals surface area contributed by atoms with Gasteiger partial charge in [-0.3, -0.25) is 4.79 Å². The summed E-state index contributed by atoms with van der Waals surface area (Å²) >= 11 is 9.50. The van der Waals surface area contributed by atoms with Gasteiger partial charge in [-0.15, -0.1) is 0 Å². The molecule has 2 N–H and O–H groups in total. The number of halogens is 2. The van der Waals surface area contributed by atoms with E-state index < -0.39 is 0 Å². The minimum Gasteiger partial charge on any atom is -0.352 e. The maximum Gasteiger partial charge on any atom is 0.253 e. The molecule has 0 unspecified atom stereocenters. The molecule has 0 bridgehead atoms. The zero-order valence-corrected chi connectivity index (χ0v) is 18.0. The Labute approximate surface area is 174 Å². The molecule has 0 aliphatic heterocycles. The molecule has 1 fully saturated rings. The van der Waals surface area contributed by atoms with Gasteiger partial charge in [0, 0.05) is 22.2 Å². The van der Waals surface area contributed by atoms with Crippen molar-refractivity contribution < 1.29 is 4.79 Å². The molecule has 27 heavy (non-hydrogen) atoms. The summed E-state index contributed by atoms with van der Waals surface area (Å²) in [6.07, 6.45) is 6.66. The third-order valence-electron chi connectivity index (χ3n) is 5.02. The van der Waals surface area contributed by atoms with Crippen molar-refractivity contribution in [1.29, 1.82) is 0 Å². The first-order chi connectivity index (χ1) is 12.9. The minimum absolute atomic E-state index is 0.0303. The normalized spacial score (nSPS) is 14.6. The summed E-state index contributed by atoms with van der Waals surface area (Å²) in [7, 11) is 0. The van der Waals surface area contributed by atoms with Gasteiger partial charge in [0.15, 0.2) is 0 Å². The maximum atomic E-state index is 12.7. The van der Waals surface area contributed by atoms with Crippen LogP contribution < -0.4 is 10.6 Å². The van der Waals surface area contributed by atoms with Crippen LogP contribution in [0.4, 0.5) is 11.5 Å². The van der Waals surface area contributed by atoms with E-state index >= 15 is 0 Å². The minimum atomic E-state index is -0.0303. The van der Waals surface area contributed by atoms with Crippen molar-refractivity contribution in [3.63, 3.8) is 0 Å². The van der Waals surface area contributed by atoms with E-state index in [-0.39, 0.29) is 11.8 Å². The summed E-state index contributed by atoms with van der Waals surface area (Å²) in [5, 5.41) is 7.05. The van der Waals surface area contributed by atoms with Crippen molar-refractivity contribution in [2.45, 2.75) is 45.4 Å². The number of rotatable bonds is 6. The second kappa shape index (κ2) is 9.07. The quantitative estimate of drug-likeness (QED) is 0.544. The number of aromatic nitrogens is 1. The Morgan fingerprint density at radius 3 is 2.70 bits per heavy atom. The van der Waals surface area contributed by atoms with Crippen LogP contribution in [0.5, 0.6) is 0 Å². The lowest BCUT2D eigenvalue weighted by molar-refractivity contribution is 0.0945. The lowest BCUT2D eigenvalue weighted by Gasteiger charge is -2.16. The Morgan fingerprint density at radius 1 is 1.30 bits per heavy atom. The Balaban J connectivity index is 1.76. The molecule has 3 rings (SSSR count). The molecule has 1 heterocycles. The molecule has 1 saturated carbocycles. The highest BCUT2D eigenvalue weighted by Crippen LogP contribution is 2.30. The molecule has 1 aliphatic rings. The fourth-order valence-electron chi connectivity index (χ4n) is 3.48. The molecule has 1 aromatic heterocycles. The molecule has 1 aromatic carbocycles. The van der Waals surface area contributed by atoms with Crippen molar-refractivity contribution in [3.05, 3.63) is 51.1 Å². The molecule has 144 valence electrons. The van der Waals surface area contributed by atoms with Gasteiger partial charge in [0.05, 0.1) is 11.3 Å². The van der Waals surface area contributed by atoms with E-state index in [1.165, 1.54) is 25.7 Å². The average Bonchev–Trinajstić information content (AvgIpc) is 3.15. The number of carbonyl (C=O) groups excluding carboxylic acids is 1. The van der Waals surface area contributed by atoms with Crippen LogP contribution in [0.3, 0.4) is 0 Å². The molecule has 0 radical (unpaired) electrons. The molecule has 6 heteroatoms. The van der Waals surface area contributed by atoms with E-state index in [1.807, 2.05) is 24.3 Å². The molecule has 1 amide bonds. The molecular weight excluding hydrogens is 426 g/mol. The molecule has 0 atom stereocenters. The van der Waals surface area contributed by atoms with Crippen LogP contribution >= 0.6 is 27.5 Å². The van der Waals surface area contributed by atoms with Crippen LogP contribution in [0.15, 0.2) is 34.9 Å². The van der Waals surface area contributed by atoms with Crippen LogP contribution in [0.2, 0.25) is 5.02 Å². The van der Waals surface area contributed by atoms with Crippen molar-refractivity contribution in [2.24, 2.45) is 5.92 Å². The Kier molecular flexibility index (Phi) is 6.77. The van der Waals surface area contributed by atoms with Crippen molar-refractivity contribution in [3.8, 4) is 0 Å². The average molecular weight is 451 g/mol. The first-order valence-corrected chi connectivity index (χ1v) is 10.6. The van der Waals surface area contributed by atoms with Gasteiger partial charge < -0.3 is 10.6 Å². The van der Waals surface area contributed by atoms with Crippen LogP contribution in [0, 0.1) is 5.92 Å². The highest BCUT2D eigenvalue weighted by atomic mass is 79.9. The van der Waals surface area contributed by atoms with Crippen LogP contribution in [0.1, 0.15) is 61.4 Å². The van der Waals surface area contributed by atoms with Gasteiger partial charge in [-0.05, 0) is 70.4 Å². The second-order valence-electron chi connectivity index (χ2n) is 7.42. The number of hydrogen-bond donors (Lipinski definition) is 2. The number of nitrogens with zero attached hydrogens (tertiary/aromatic N) is 1. The summed E-state index contributed by atoms with van der Waals surface area (Å²) in [4.78, 5) is 17.1. The first kappa shape index (κ1) is 20.2. The zero-order chi connectivity index (χ0) is 19.4. The summed E-state index contributed by atoms with van der Waals surface area (Å²) < 4.78 is 0.862. The van der Waals surface area contributed by atoms with Crippen LogP contribution in [-0.4, -0.2) is 17.4 Å². The Hall–Kier alpha value is -1.59. The fourth-order valence-corrected chi connectivity index (χ4v) is 4.26. The molecule has 2 aromatic rings. The predicted molar refractivity (Wildman–Crippen MR) is 115 cm³/mol. The van der Waals surface area contributed by atoms with E-state index in [1.54, 1.807) is 6.20 Å². The molecule has 4 nitrogen and oxygen atoms in total. The third kappa shape index (κ3) is 5.23. The lowest BCUT2D eigenvalue weighted by atomic mass is 9.98. The zero-order valence-electron chi connectivity index (χ0n) is 15.7. The Bertz CT molecular complexity index is 819. The molecule has 0 saturated heterocycles. The van der Waals surface area contributed by atoms with Crippen LogP contribution in [-0.2, 0) is 0 Å². The topological polar surface area (TPSA) is 54.0 Å². The standard InChI is InChI=1S/C21H25BrClN3O/c1-13(2)16-10-20(26-19-8-7-15(23)9-18(19)22)24-12-17(16)21(27)25-11-14-5-3-4-6-14/h7-10,12-14H,3-6,11H2,1-2H3,(H,24,26)(H,25,27). The van der Waals surface area contributed by atoms with Crippen LogP contribution in [0.25, 0.3) is 0 Å². The van der Waals surface area contributed by atoms with E-state index in [9.17, 15) is 4.79 Å². The van der Waals surface area contributed by atoms with Gasteiger partial charge in [-0.1, -0.05) is 38.3 Å². The first-order valence-electron chi connectivity index (χ1n) is 9.44. The fraction of sp³-hybridized carbons (Fsp3) is 0.429. The molecule has 1 aliphatic carbocycles. The van der Waals surface area contributed by atoms with Gasteiger partial charge >= 0.3 is 0 Å². The molecule has 0 spiro atoms. The SMILES string of the molecule is CC(C)c1cc(Nc2ccc(Cl)cc2Br)ncc1C(=O)NCC1CCCC1. The third-order valence-corrected chi connectivity index (χ3v) is 5.91. The number of benzene rings is 1. The second-order valence-corrected chi connectivity index (χ2v) is 8.71. The monoisotopic (exact) mass is 449 g/mol. The number of amides is 1. The Morgan fingerprint density at radius 2 is 2.04 bits per heavy atom. The number of hydrogen-bond acceptors (Lipinski definition) is 3.